The van der Waals surface area contributed by atoms with Crippen molar-refractivity contribution in [3.8, 4) is 0 Å². The summed E-state index contributed by atoms with van der Waals surface area (Å²) in [5, 5.41) is 0. The van der Waals surface area contributed by atoms with E-state index in [2.05, 4.69) is 105 Å². The van der Waals surface area contributed by atoms with Gasteiger partial charge in [-0.25, -0.2) is 0 Å². The van der Waals surface area contributed by atoms with Gasteiger partial charge in [0.2, 0.25) is 0 Å². The van der Waals surface area contributed by atoms with Crippen molar-refractivity contribution in [3.05, 3.63) is 0 Å². The topological polar surface area (TPSA) is 0 Å². The summed E-state index contributed by atoms with van der Waals surface area (Å²) < 4.78 is 0. The molecule has 0 radical (unpaired) electrons. The fourth-order valence-corrected chi connectivity index (χ4v) is 232. The van der Waals surface area contributed by atoms with Crippen LogP contribution in [-0.4, -0.2) is 6.16 Å². The first-order chi connectivity index (χ1) is 10.5. The second-order valence-corrected chi connectivity index (χ2v) is 87.6. The van der Waals surface area contributed by atoms with Crippen molar-refractivity contribution >= 4 is 168 Å². The SMILES string of the molecule is CCP(P(P(P)P)P(P)P)P(P(P)P(P)P)P(P(P)P)P(P)P. The van der Waals surface area contributed by atoms with Crippen molar-refractivity contribution in [2.45, 2.75) is 6.92 Å². The second kappa shape index (κ2) is 17.5. The highest BCUT2D eigenvalue weighted by Crippen LogP contribution is 3.29. The summed E-state index contributed by atoms with van der Waals surface area (Å²) >= 11 is 0. The summed E-state index contributed by atoms with van der Waals surface area (Å²) in [6.07, 6.45) is 1.43. The van der Waals surface area contributed by atoms with Crippen LogP contribution in [-0.2, 0) is 0 Å². The van der Waals surface area contributed by atoms with Gasteiger partial charge in [-0.15, -0.1) is 98.2 Å². The fraction of sp³-hybridized carbons (Fsp3) is 1.00. The van der Waals surface area contributed by atoms with Crippen molar-refractivity contribution in [1.29, 1.82) is 0 Å². The molecular formula is C2H27P21. The van der Waals surface area contributed by atoms with Crippen LogP contribution < -0.4 is 0 Å². The molecule has 0 aliphatic carbocycles. The quantitative estimate of drug-likeness (QED) is 0.199. The predicted octanol–water partition coefficient (Wildman–Crippen LogP) is 12.8. The summed E-state index contributed by atoms with van der Waals surface area (Å²) in [5.74, 6) is 0. The van der Waals surface area contributed by atoms with E-state index >= 15 is 0 Å². The Labute approximate surface area is 180 Å². The summed E-state index contributed by atoms with van der Waals surface area (Å²) in [4.78, 5) is 0. The van der Waals surface area contributed by atoms with Gasteiger partial charge in [0.05, 0.1) is 0 Å². The van der Waals surface area contributed by atoms with Gasteiger partial charge < -0.3 is 0 Å². The molecule has 0 fully saturated rings. The molecule has 0 aromatic heterocycles. The minimum atomic E-state index is 0.0191. The molecule has 0 amide bonds. The van der Waals surface area contributed by atoms with Gasteiger partial charge in [0.25, 0.3) is 0 Å². The lowest BCUT2D eigenvalue weighted by Gasteiger charge is -2.46. The van der Waals surface area contributed by atoms with E-state index < -0.39 is 0 Å². The van der Waals surface area contributed by atoms with Gasteiger partial charge >= 0.3 is 0 Å². The number of hydrogen-bond donors (Lipinski definition) is 0. The molecule has 0 spiro atoms. The molecule has 0 aliphatic rings. The molecule has 0 aromatic carbocycles. The average molecular weight is 702 g/mol. The minimum absolute atomic E-state index is 0.0191. The van der Waals surface area contributed by atoms with E-state index in [1.165, 1.54) is 6.16 Å². The van der Waals surface area contributed by atoms with Crippen LogP contribution in [0.3, 0.4) is 0 Å². The molecule has 14 unspecified atom stereocenters. The van der Waals surface area contributed by atoms with E-state index in [4.69, 9.17) is 0 Å². The summed E-state index contributed by atoms with van der Waals surface area (Å²) in [7, 11) is 35.4. The monoisotopic (exact) mass is 702 g/mol. The molecular weight excluding hydrogens is 674 g/mol. The van der Waals surface area contributed by atoms with Gasteiger partial charge in [-0.1, -0.05) is 6.92 Å². The second-order valence-electron chi connectivity index (χ2n) is 3.71. The molecule has 14 atom stereocenters. The van der Waals surface area contributed by atoms with Crippen LogP contribution in [0.4, 0.5) is 0 Å². The molecule has 23 heavy (non-hydrogen) atoms. The zero-order chi connectivity index (χ0) is 18.5. The van der Waals surface area contributed by atoms with Crippen LogP contribution in [0.25, 0.3) is 0 Å². The Morgan fingerprint density at radius 2 is 0.826 bits per heavy atom. The average Bonchev–Trinajstić information content (AvgIpc) is 2.39. The summed E-state index contributed by atoms with van der Waals surface area (Å²) in [6.45, 7) is 3.12. The van der Waals surface area contributed by atoms with Crippen LogP contribution >= 0.6 is 168 Å². The van der Waals surface area contributed by atoms with Gasteiger partial charge in [0.15, 0.2) is 0 Å². The standard InChI is InChI=1S/C2H27P21/c1-2-14(21(16(5)6)17(7)8)22(20(13)15(3)4)23(18(9)10)19(11)12/h2-13H2,1H3. The lowest BCUT2D eigenvalue weighted by molar-refractivity contribution is 1.53. The smallest absolute Gasteiger partial charge is 0.00539 e. The first-order valence-electron chi connectivity index (χ1n) is 5.66. The zero-order valence-electron chi connectivity index (χ0n) is 12.5. The highest BCUT2D eigenvalue weighted by atomic mass is 33.4. The van der Waals surface area contributed by atoms with Crippen molar-refractivity contribution in [2.75, 3.05) is 6.16 Å². The highest BCUT2D eigenvalue weighted by Gasteiger charge is 2.42. The maximum Gasteiger partial charge on any atom is -0.00539 e. The van der Waals surface area contributed by atoms with Gasteiger partial charge in [-0.3, -0.25) is 0 Å². The Morgan fingerprint density at radius 3 is 1.04 bits per heavy atom. The van der Waals surface area contributed by atoms with Gasteiger partial charge in [0.1, 0.15) is 0 Å². The van der Waals surface area contributed by atoms with E-state index in [1.807, 2.05) is 0 Å². The summed E-state index contributed by atoms with van der Waals surface area (Å²) in [6, 6.07) is 0. The normalized spacial score (nSPS) is 17.3. The van der Waals surface area contributed by atoms with Crippen molar-refractivity contribution in [2.24, 2.45) is 0 Å². The van der Waals surface area contributed by atoms with Crippen molar-refractivity contribution in [3.63, 3.8) is 0 Å². The lowest BCUT2D eigenvalue weighted by atomic mass is 11.0. The molecule has 21 heteroatoms. The third-order valence-electron chi connectivity index (χ3n) is 2.10. The zero-order valence-corrected chi connectivity index (χ0v) is 34.2. The highest BCUT2D eigenvalue weighted by molar-refractivity contribution is 9.33. The molecule has 0 nitrogen and oxygen atoms in total. The maximum absolute atomic E-state index is 3.35. The van der Waals surface area contributed by atoms with E-state index in [0.29, 0.717) is 0 Å². The largest absolute Gasteiger partial charge is 0.102 e. The molecule has 0 rings (SSSR count). The van der Waals surface area contributed by atoms with Gasteiger partial charge in [-0.2, -0.15) is 0 Å². The number of rotatable bonds is 10. The predicted molar refractivity (Wildman–Crippen MR) is 187 cm³/mol. The molecule has 0 saturated heterocycles. The van der Waals surface area contributed by atoms with E-state index in [0.717, 1.165) is 0 Å². The van der Waals surface area contributed by atoms with Crippen LogP contribution in [0.15, 0.2) is 0 Å². The maximum atomic E-state index is 3.35. The molecule has 0 saturated carbocycles. The van der Waals surface area contributed by atoms with Gasteiger partial charge in [0, 0.05) is 0 Å². The minimum Gasteiger partial charge on any atom is -0.102 e. The Morgan fingerprint density at radius 1 is 0.478 bits per heavy atom. The van der Waals surface area contributed by atoms with E-state index in [9.17, 15) is 0 Å². The van der Waals surface area contributed by atoms with E-state index in [1.54, 1.807) is 0 Å². The lowest BCUT2D eigenvalue weighted by Crippen LogP contribution is -1.70. The van der Waals surface area contributed by atoms with Crippen LogP contribution in [0.2, 0.25) is 0 Å². The third-order valence-corrected chi connectivity index (χ3v) is 136. The molecule has 0 bridgehead atoms. The Hall–Kier alpha value is 9.03. The third kappa shape index (κ3) is 11.8. The molecule has 0 aliphatic heterocycles. The summed E-state index contributed by atoms with van der Waals surface area (Å²) in [5.41, 5.74) is 0. The molecule has 0 heterocycles. The van der Waals surface area contributed by atoms with Gasteiger partial charge in [-0.05, 0) is 76.3 Å². The Balaban J connectivity index is 5.96. The Bertz CT molecular complexity index is 291. The molecule has 0 N–H and O–H groups in total. The van der Waals surface area contributed by atoms with Crippen LogP contribution in [0, 0.1) is 0 Å². The number of hydrogen-bond acceptors (Lipinski definition) is 0. The van der Waals surface area contributed by atoms with Crippen LogP contribution in [0.1, 0.15) is 6.92 Å². The van der Waals surface area contributed by atoms with Crippen LogP contribution in [0.5, 0.6) is 0 Å². The Kier molecular flexibility index (Phi) is 24.3. The van der Waals surface area contributed by atoms with Crippen molar-refractivity contribution in [1.82, 2.24) is 0 Å². The fourth-order valence-electron chi connectivity index (χ4n) is 1.36. The molecule has 140 valence electrons. The van der Waals surface area contributed by atoms with Crippen molar-refractivity contribution < 1.29 is 0 Å². The van der Waals surface area contributed by atoms with E-state index in [-0.39, 0.29) is 70.2 Å². The first-order valence-corrected chi connectivity index (χ1v) is 43.4. The first kappa shape index (κ1) is 32.0. The molecule has 0 aromatic rings.